The van der Waals surface area contributed by atoms with Crippen molar-refractivity contribution in [3.8, 4) is 0 Å². The first-order valence-corrected chi connectivity index (χ1v) is 6.47. The van der Waals surface area contributed by atoms with E-state index in [0.717, 1.165) is 30.0 Å². The molecule has 2 rings (SSSR count). The summed E-state index contributed by atoms with van der Waals surface area (Å²) in [7, 11) is 0. The SMILES string of the molecule is C[C@H](N)c1ccc(Sc2cc(F)ccc2F)c(F)c1. The monoisotopic (exact) mass is 283 g/mol. The minimum absolute atomic E-state index is 0.0486. The van der Waals surface area contributed by atoms with Crippen LogP contribution in [0.2, 0.25) is 0 Å². The average molecular weight is 283 g/mol. The van der Waals surface area contributed by atoms with E-state index in [-0.39, 0.29) is 15.8 Å². The number of halogens is 3. The highest BCUT2D eigenvalue weighted by Crippen LogP contribution is 2.33. The quantitative estimate of drug-likeness (QED) is 0.910. The molecule has 0 aliphatic rings. The summed E-state index contributed by atoms with van der Waals surface area (Å²) in [6.07, 6.45) is 0. The van der Waals surface area contributed by atoms with Crippen LogP contribution in [0, 0.1) is 17.5 Å². The normalized spacial score (nSPS) is 12.5. The fourth-order valence-corrected chi connectivity index (χ4v) is 2.42. The van der Waals surface area contributed by atoms with Crippen molar-refractivity contribution in [1.29, 1.82) is 0 Å². The Balaban J connectivity index is 2.31. The molecule has 100 valence electrons. The van der Waals surface area contributed by atoms with Gasteiger partial charge in [0, 0.05) is 10.9 Å². The van der Waals surface area contributed by atoms with Gasteiger partial charge in [-0.15, -0.1) is 0 Å². The predicted molar refractivity (Wildman–Crippen MR) is 69.5 cm³/mol. The van der Waals surface area contributed by atoms with Crippen LogP contribution < -0.4 is 5.73 Å². The second-order valence-electron chi connectivity index (χ2n) is 4.16. The Hall–Kier alpha value is -1.46. The van der Waals surface area contributed by atoms with Crippen molar-refractivity contribution in [1.82, 2.24) is 0 Å². The molecule has 0 spiro atoms. The maximum absolute atomic E-state index is 13.8. The third-order valence-electron chi connectivity index (χ3n) is 2.59. The van der Waals surface area contributed by atoms with Crippen molar-refractivity contribution in [2.45, 2.75) is 22.8 Å². The molecule has 1 nitrogen and oxygen atoms in total. The molecule has 0 amide bonds. The van der Waals surface area contributed by atoms with Gasteiger partial charge in [0.15, 0.2) is 0 Å². The third kappa shape index (κ3) is 3.30. The van der Waals surface area contributed by atoms with E-state index in [0.29, 0.717) is 5.56 Å². The average Bonchev–Trinajstić information content (AvgIpc) is 2.36. The van der Waals surface area contributed by atoms with Crippen LogP contribution in [0.3, 0.4) is 0 Å². The Bertz CT molecular complexity index is 599. The fourth-order valence-electron chi connectivity index (χ4n) is 1.56. The van der Waals surface area contributed by atoms with Gasteiger partial charge < -0.3 is 5.73 Å². The molecule has 19 heavy (non-hydrogen) atoms. The van der Waals surface area contributed by atoms with Gasteiger partial charge in [-0.2, -0.15) is 0 Å². The smallest absolute Gasteiger partial charge is 0.137 e. The fraction of sp³-hybridized carbons (Fsp3) is 0.143. The third-order valence-corrected chi connectivity index (χ3v) is 3.68. The Labute approximate surface area is 113 Å². The Morgan fingerprint density at radius 3 is 2.32 bits per heavy atom. The topological polar surface area (TPSA) is 26.0 Å². The molecule has 0 heterocycles. The maximum Gasteiger partial charge on any atom is 0.137 e. The first kappa shape index (κ1) is 14.0. The Morgan fingerprint density at radius 1 is 0.947 bits per heavy atom. The number of hydrogen-bond acceptors (Lipinski definition) is 2. The van der Waals surface area contributed by atoms with E-state index in [1.807, 2.05) is 0 Å². The number of hydrogen-bond donors (Lipinski definition) is 1. The molecule has 0 unspecified atom stereocenters. The van der Waals surface area contributed by atoms with Crippen LogP contribution in [-0.2, 0) is 0 Å². The van der Waals surface area contributed by atoms with E-state index in [1.54, 1.807) is 13.0 Å². The summed E-state index contributed by atoms with van der Waals surface area (Å²) in [5.41, 5.74) is 6.30. The van der Waals surface area contributed by atoms with E-state index < -0.39 is 17.5 Å². The Morgan fingerprint density at radius 2 is 1.68 bits per heavy atom. The van der Waals surface area contributed by atoms with Crippen molar-refractivity contribution in [2.75, 3.05) is 0 Å². The molecule has 0 aromatic heterocycles. The van der Waals surface area contributed by atoms with Gasteiger partial charge in [0.05, 0.1) is 4.90 Å². The van der Waals surface area contributed by atoms with Crippen LogP contribution in [0.25, 0.3) is 0 Å². The van der Waals surface area contributed by atoms with Gasteiger partial charge >= 0.3 is 0 Å². The number of rotatable bonds is 3. The van der Waals surface area contributed by atoms with Crippen molar-refractivity contribution in [3.63, 3.8) is 0 Å². The van der Waals surface area contributed by atoms with Gasteiger partial charge in [0.1, 0.15) is 17.5 Å². The van der Waals surface area contributed by atoms with Crippen molar-refractivity contribution in [2.24, 2.45) is 5.73 Å². The lowest BCUT2D eigenvalue weighted by molar-refractivity contribution is 0.575. The molecule has 1 atom stereocenters. The van der Waals surface area contributed by atoms with Crippen LogP contribution in [0.1, 0.15) is 18.5 Å². The molecule has 0 saturated heterocycles. The summed E-state index contributed by atoms with van der Waals surface area (Å²) in [6.45, 7) is 1.74. The van der Waals surface area contributed by atoms with Gasteiger partial charge in [0.2, 0.25) is 0 Å². The van der Waals surface area contributed by atoms with Gasteiger partial charge in [-0.1, -0.05) is 17.8 Å². The van der Waals surface area contributed by atoms with Gasteiger partial charge in [-0.05, 0) is 42.8 Å². The zero-order valence-electron chi connectivity index (χ0n) is 10.2. The maximum atomic E-state index is 13.8. The highest BCUT2D eigenvalue weighted by Gasteiger charge is 2.11. The van der Waals surface area contributed by atoms with Crippen molar-refractivity contribution in [3.05, 3.63) is 59.4 Å². The summed E-state index contributed by atoms with van der Waals surface area (Å²) in [6, 6.07) is 7.31. The lowest BCUT2D eigenvalue weighted by Gasteiger charge is -2.09. The molecule has 0 aliphatic heterocycles. The Kier molecular flexibility index (Phi) is 4.17. The largest absolute Gasteiger partial charge is 0.324 e. The van der Waals surface area contributed by atoms with E-state index in [2.05, 4.69) is 0 Å². The highest BCUT2D eigenvalue weighted by molar-refractivity contribution is 7.99. The van der Waals surface area contributed by atoms with Crippen LogP contribution in [-0.4, -0.2) is 0 Å². The predicted octanol–water partition coefficient (Wildman–Crippen LogP) is 4.27. The van der Waals surface area contributed by atoms with Gasteiger partial charge in [0.25, 0.3) is 0 Å². The van der Waals surface area contributed by atoms with Gasteiger partial charge in [-0.25, -0.2) is 13.2 Å². The molecular weight excluding hydrogens is 271 g/mol. The molecule has 2 aromatic rings. The first-order valence-electron chi connectivity index (χ1n) is 5.65. The van der Waals surface area contributed by atoms with Crippen LogP contribution in [0.15, 0.2) is 46.2 Å². The molecule has 0 radical (unpaired) electrons. The van der Waals surface area contributed by atoms with Crippen molar-refractivity contribution < 1.29 is 13.2 Å². The minimum atomic E-state index is -0.581. The van der Waals surface area contributed by atoms with Crippen LogP contribution in [0.5, 0.6) is 0 Å². The molecular formula is C14H12F3NS. The standard InChI is InChI=1S/C14H12F3NS/c1-8(18)9-2-5-13(12(17)6-9)19-14-7-10(15)3-4-11(14)16/h2-8H,18H2,1H3/t8-/m0/s1. The van der Waals surface area contributed by atoms with Gasteiger partial charge in [-0.3, -0.25) is 0 Å². The molecule has 0 aliphatic carbocycles. The molecule has 0 saturated carbocycles. The summed E-state index contributed by atoms with van der Waals surface area (Å²) >= 11 is 0.845. The lowest BCUT2D eigenvalue weighted by atomic mass is 10.1. The number of nitrogens with two attached hydrogens (primary N) is 1. The van der Waals surface area contributed by atoms with Crippen LogP contribution >= 0.6 is 11.8 Å². The van der Waals surface area contributed by atoms with E-state index >= 15 is 0 Å². The van der Waals surface area contributed by atoms with E-state index in [1.165, 1.54) is 12.1 Å². The molecule has 2 aromatic carbocycles. The lowest BCUT2D eigenvalue weighted by Crippen LogP contribution is -2.05. The van der Waals surface area contributed by atoms with E-state index in [4.69, 9.17) is 5.73 Å². The van der Waals surface area contributed by atoms with Crippen molar-refractivity contribution >= 4 is 11.8 Å². The minimum Gasteiger partial charge on any atom is -0.324 e. The zero-order valence-corrected chi connectivity index (χ0v) is 11.0. The molecule has 5 heteroatoms. The summed E-state index contributed by atoms with van der Waals surface area (Å²) in [5.74, 6) is -1.64. The molecule has 2 N–H and O–H groups in total. The van der Waals surface area contributed by atoms with Crippen LogP contribution in [0.4, 0.5) is 13.2 Å². The second kappa shape index (κ2) is 5.67. The molecule has 0 bridgehead atoms. The van der Waals surface area contributed by atoms with E-state index in [9.17, 15) is 13.2 Å². The summed E-state index contributed by atoms with van der Waals surface area (Å²) in [5, 5.41) is 0. The highest BCUT2D eigenvalue weighted by atomic mass is 32.2. The summed E-state index contributed by atoms with van der Waals surface area (Å²) < 4.78 is 40.3. The first-order chi connectivity index (χ1) is 8.97. The second-order valence-corrected chi connectivity index (χ2v) is 5.24. The summed E-state index contributed by atoms with van der Waals surface area (Å²) in [4.78, 5) is 0.279. The molecule has 0 fully saturated rings. The zero-order chi connectivity index (χ0) is 14.0. The number of benzene rings is 2.